The van der Waals surface area contributed by atoms with Gasteiger partial charge in [0.25, 0.3) is 0 Å². The fraction of sp³-hybridized carbons (Fsp3) is 0.500. The molecule has 2 aromatic heterocycles. The van der Waals surface area contributed by atoms with Gasteiger partial charge in [0.05, 0.1) is 11.3 Å². The average molecular weight is 526 g/mol. The van der Waals surface area contributed by atoms with Crippen LogP contribution in [0.25, 0.3) is 0 Å². The average Bonchev–Trinajstić information content (AvgIpc) is 2.97. The van der Waals surface area contributed by atoms with E-state index >= 15 is 0 Å². The molecular formula is C18H26F3IN6O. The zero-order valence-corrected chi connectivity index (χ0v) is 18.9. The highest BCUT2D eigenvalue weighted by atomic mass is 127. The van der Waals surface area contributed by atoms with Crippen LogP contribution < -0.4 is 16.0 Å². The summed E-state index contributed by atoms with van der Waals surface area (Å²) in [5, 5.41) is 9.31. The van der Waals surface area contributed by atoms with Crippen LogP contribution in [0.5, 0.6) is 0 Å². The molecule has 7 nitrogen and oxygen atoms in total. The van der Waals surface area contributed by atoms with Crippen molar-refractivity contribution >= 4 is 35.8 Å². The Morgan fingerprint density at radius 2 is 1.93 bits per heavy atom. The zero-order chi connectivity index (χ0) is 20.6. The van der Waals surface area contributed by atoms with Crippen molar-refractivity contribution in [1.82, 2.24) is 20.6 Å². The summed E-state index contributed by atoms with van der Waals surface area (Å²) in [6, 6.07) is 2.33. The number of hydrogen-bond acceptors (Lipinski definition) is 5. The SMILES string of the molecule is CCNC(=NCc1nc(C)c(C)o1)NCCCNc1ccc(C(F)(F)F)cn1.I. The molecule has 0 aromatic carbocycles. The molecular weight excluding hydrogens is 500 g/mol. The van der Waals surface area contributed by atoms with Crippen LogP contribution in [0.3, 0.4) is 0 Å². The molecule has 162 valence electrons. The van der Waals surface area contributed by atoms with Crippen LogP contribution in [0.4, 0.5) is 19.0 Å². The molecule has 29 heavy (non-hydrogen) atoms. The molecule has 0 aliphatic rings. The number of anilines is 1. The minimum absolute atomic E-state index is 0. The van der Waals surface area contributed by atoms with Gasteiger partial charge in [0, 0.05) is 25.8 Å². The van der Waals surface area contributed by atoms with E-state index in [1.54, 1.807) is 0 Å². The number of rotatable bonds is 8. The Kier molecular flexibility index (Phi) is 10.2. The lowest BCUT2D eigenvalue weighted by atomic mass is 10.3. The Labute approximate surface area is 185 Å². The molecule has 0 aliphatic heterocycles. The molecule has 0 unspecified atom stereocenters. The van der Waals surface area contributed by atoms with E-state index < -0.39 is 11.7 Å². The fourth-order valence-electron chi connectivity index (χ4n) is 2.27. The molecule has 2 rings (SSSR count). The number of aliphatic imine (C=N–C) groups is 1. The first kappa shape index (κ1) is 25.0. The number of aryl methyl sites for hydroxylation is 2. The highest BCUT2D eigenvalue weighted by molar-refractivity contribution is 14.0. The predicted molar refractivity (Wildman–Crippen MR) is 117 cm³/mol. The third-order valence-electron chi connectivity index (χ3n) is 3.83. The maximum Gasteiger partial charge on any atom is 0.417 e. The second-order valence-corrected chi connectivity index (χ2v) is 6.08. The van der Waals surface area contributed by atoms with Crippen molar-refractivity contribution in [2.75, 3.05) is 25.0 Å². The van der Waals surface area contributed by atoms with E-state index in [-0.39, 0.29) is 24.0 Å². The van der Waals surface area contributed by atoms with Crippen LogP contribution in [-0.2, 0) is 12.7 Å². The number of hydrogen-bond donors (Lipinski definition) is 3. The maximum atomic E-state index is 12.5. The number of alkyl halides is 3. The van der Waals surface area contributed by atoms with Gasteiger partial charge in [-0.2, -0.15) is 13.2 Å². The van der Waals surface area contributed by atoms with Crippen molar-refractivity contribution in [3.05, 3.63) is 41.2 Å². The van der Waals surface area contributed by atoms with E-state index in [1.165, 1.54) is 6.07 Å². The maximum absolute atomic E-state index is 12.5. The Balaban J connectivity index is 0.00000420. The van der Waals surface area contributed by atoms with Crippen molar-refractivity contribution in [2.45, 2.75) is 39.9 Å². The zero-order valence-electron chi connectivity index (χ0n) is 16.6. The Hall–Kier alpha value is -2.05. The van der Waals surface area contributed by atoms with E-state index in [1.807, 2.05) is 20.8 Å². The minimum Gasteiger partial charge on any atom is -0.444 e. The number of oxazole rings is 1. The molecule has 0 aliphatic carbocycles. The van der Waals surface area contributed by atoms with Gasteiger partial charge in [-0.3, -0.25) is 0 Å². The van der Waals surface area contributed by atoms with Crippen molar-refractivity contribution in [1.29, 1.82) is 0 Å². The molecule has 0 amide bonds. The summed E-state index contributed by atoms with van der Waals surface area (Å²) in [5.74, 6) is 2.39. The second kappa shape index (κ2) is 11.8. The van der Waals surface area contributed by atoms with E-state index in [4.69, 9.17) is 4.42 Å². The highest BCUT2D eigenvalue weighted by Crippen LogP contribution is 2.28. The predicted octanol–water partition coefficient (Wildman–Crippen LogP) is 3.88. The lowest BCUT2D eigenvalue weighted by molar-refractivity contribution is -0.137. The van der Waals surface area contributed by atoms with Crippen LogP contribution in [0.2, 0.25) is 0 Å². The van der Waals surface area contributed by atoms with Gasteiger partial charge in [-0.25, -0.2) is 15.0 Å². The molecule has 3 N–H and O–H groups in total. The third kappa shape index (κ3) is 8.46. The first-order chi connectivity index (χ1) is 13.3. The molecule has 0 spiro atoms. The molecule has 11 heteroatoms. The van der Waals surface area contributed by atoms with Gasteiger partial charge in [-0.1, -0.05) is 0 Å². The van der Waals surface area contributed by atoms with E-state index in [9.17, 15) is 13.2 Å². The smallest absolute Gasteiger partial charge is 0.417 e. The van der Waals surface area contributed by atoms with Crippen molar-refractivity contribution in [2.24, 2.45) is 4.99 Å². The number of halogens is 4. The molecule has 2 heterocycles. The largest absolute Gasteiger partial charge is 0.444 e. The van der Waals surface area contributed by atoms with Crippen molar-refractivity contribution in [3.63, 3.8) is 0 Å². The molecule has 0 saturated carbocycles. The monoisotopic (exact) mass is 526 g/mol. The summed E-state index contributed by atoms with van der Waals surface area (Å²) < 4.78 is 43.0. The summed E-state index contributed by atoms with van der Waals surface area (Å²) in [7, 11) is 0. The summed E-state index contributed by atoms with van der Waals surface area (Å²) in [5.41, 5.74) is 0.0914. The standard InChI is InChI=1S/C18H25F3N6O.HI/c1-4-22-17(26-11-16-27-12(2)13(3)28-16)24-9-5-8-23-15-7-6-14(10-25-15)18(19,20)21;/h6-7,10H,4-5,8-9,11H2,1-3H3,(H,23,25)(H2,22,24,26);1H. The molecule has 0 saturated heterocycles. The molecule has 0 radical (unpaired) electrons. The van der Waals surface area contributed by atoms with Crippen LogP contribution in [-0.4, -0.2) is 35.6 Å². The number of nitrogens with one attached hydrogen (secondary N) is 3. The van der Waals surface area contributed by atoms with Gasteiger partial charge in [0.15, 0.2) is 5.96 Å². The van der Waals surface area contributed by atoms with Gasteiger partial charge in [0.1, 0.15) is 18.1 Å². The number of pyridine rings is 1. The summed E-state index contributed by atoms with van der Waals surface area (Å²) in [6.07, 6.45) is -2.83. The third-order valence-corrected chi connectivity index (χ3v) is 3.83. The van der Waals surface area contributed by atoms with E-state index in [2.05, 4.69) is 30.9 Å². The van der Waals surface area contributed by atoms with Crippen molar-refractivity contribution < 1.29 is 17.6 Å². The second-order valence-electron chi connectivity index (χ2n) is 6.08. The first-order valence-electron chi connectivity index (χ1n) is 9.01. The Morgan fingerprint density at radius 1 is 1.17 bits per heavy atom. The summed E-state index contributed by atoms with van der Waals surface area (Å²) >= 11 is 0. The van der Waals surface area contributed by atoms with Crippen molar-refractivity contribution in [3.8, 4) is 0 Å². The van der Waals surface area contributed by atoms with Crippen LogP contribution >= 0.6 is 24.0 Å². The van der Waals surface area contributed by atoms with Gasteiger partial charge in [0.2, 0.25) is 5.89 Å². The number of nitrogens with zero attached hydrogens (tertiary/aromatic N) is 3. The Bertz CT molecular complexity index is 757. The first-order valence-corrected chi connectivity index (χ1v) is 9.01. The molecule has 0 fully saturated rings. The van der Waals surface area contributed by atoms with Gasteiger partial charge in [-0.05, 0) is 39.3 Å². The van der Waals surface area contributed by atoms with Gasteiger partial charge in [-0.15, -0.1) is 24.0 Å². The number of aromatic nitrogens is 2. The van der Waals surface area contributed by atoms with E-state index in [0.717, 1.165) is 30.1 Å². The van der Waals surface area contributed by atoms with Crippen LogP contribution in [0.15, 0.2) is 27.7 Å². The molecule has 2 aromatic rings. The Morgan fingerprint density at radius 3 is 2.48 bits per heavy atom. The van der Waals surface area contributed by atoms with Gasteiger partial charge >= 0.3 is 6.18 Å². The minimum atomic E-state index is -4.37. The molecule has 0 atom stereocenters. The van der Waals surface area contributed by atoms with Crippen LogP contribution in [0.1, 0.15) is 36.3 Å². The quantitative estimate of drug-likeness (QED) is 0.210. The van der Waals surface area contributed by atoms with Crippen LogP contribution in [0, 0.1) is 13.8 Å². The number of guanidine groups is 1. The normalized spacial score (nSPS) is 11.7. The lowest BCUT2D eigenvalue weighted by Crippen LogP contribution is -2.38. The fourth-order valence-corrected chi connectivity index (χ4v) is 2.27. The van der Waals surface area contributed by atoms with Gasteiger partial charge < -0.3 is 20.4 Å². The summed E-state index contributed by atoms with van der Waals surface area (Å²) in [6.45, 7) is 7.94. The molecule has 0 bridgehead atoms. The topological polar surface area (TPSA) is 87.4 Å². The lowest BCUT2D eigenvalue weighted by Gasteiger charge is -2.11. The van der Waals surface area contributed by atoms with E-state index in [0.29, 0.717) is 43.8 Å². The summed E-state index contributed by atoms with van der Waals surface area (Å²) in [4.78, 5) is 12.5. The highest BCUT2D eigenvalue weighted by Gasteiger charge is 2.30.